The van der Waals surface area contributed by atoms with Crippen LogP contribution in [0.5, 0.6) is 0 Å². The quantitative estimate of drug-likeness (QED) is 0.0267. The van der Waals surface area contributed by atoms with Gasteiger partial charge in [0.2, 0.25) is 31.2 Å². The van der Waals surface area contributed by atoms with Crippen LogP contribution in [0.25, 0.3) is 0 Å². The zero-order valence-corrected chi connectivity index (χ0v) is 39.2. The summed E-state index contributed by atoms with van der Waals surface area (Å²) in [7, 11) is -13.5. The predicted molar refractivity (Wildman–Crippen MR) is 202 cm³/mol. The molecule has 17 heteroatoms. The first-order chi connectivity index (χ1) is 24.2. The molecule has 0 aliphatic rings. The van der Waals surface area contributed by atoms with Gasteiger partial charge in [-0.15, -0.1) is 0 Å². The van der Waals surface area contributed by atoms with Gasteiger partial charge in [-0.2, -0.15) is 0 Å². The third-order valence-electron chi connectivity index (χ3n) is 8.18. The maximum absolute atomic E-state index is 10.1. The van der Waals surface area contributed by atoms with Crippen LogP contribution in [-0.2, 0) is 60.2 Å². The van der Waals surface area contributed by atoms with E-state index in [1.165, 1.54) is 135 Å². The molecule has 0 aliphatic carbocycles. The van der Waals surface area contributed by atoms with Crippen LogP contribution >= 0.6 is 0 Å². The van der Waals surface area contributed by atoms with Crippen LogP contribution in [0.15, 0.2) is 0 Å². The molecule has 0 saturated heterocycles. The monoisotopic (exact) mass is 876 g/mol. The van der Waals surface area contributed by atoms with Crippen LogP contribution in [-0.4, -0.2) is 58.7 Å². The molecule has 0 N–H and O–H groups in total. The molecule has 12 nitrogen and oxygen atoms in total. The van der Waals surface area contributed by atoms with Gasteiger partial charge in [0.1, 0.15) is 0 Å². The molecule has 0 aromatic rings. The van der Waals surface area contributed by atoms with Crippen molar-refractivity contribution in [1.82, 2.24) is 0 Å². The van der Waals surface area contributed by atoms with Gasteiger partial charge in [0.25, 0.3) is 0 Å². The van der Waals surface area contributed by atoms with E-state index < -0.39 is 31.2 Å². The normalized spacial score (nSPS) is 11.4. The van der Waals surface area contributed by atoms with Crippen molar-refractivity contribution in [3.05, 3.63) is 0 Å². The van der Waals surface area contributed by atoms with E-state index in [9.17, 15) is 38.9 Å². The fourth-order valence-electron chi connectivity index (χ4n) is 5.25. The van der Waals surface area contributed by atoms with E-state index in [1.54, 1.807) is 0 Å². The van der Waals surface area contributed by atoms with Gasteiger partial charge >= 0.3 is 46.0 Å². The van der Waals surface area contributed by atoms with E-state index in [-0.39, 0.29) is 65.9 Å². The Bertz CT molecular complexity index is 890. The maximum Gasteiger partial charge on any atom is 2.00 e. The summed E-state index contributed by atoms with van der Waals surface area (Å²) in [4.78, 5) is 0. The summed E-state index contributed by atoms with van der Waals surface area (Å²) in [5.41, 5.74) is 0. The molecular formula is C36H75NaNiO12S3. The largest absolute Gasteiger partial charge is 2.00 e. The zero-order chi connectivity index (χ0) is 39.0. The molecular weight excluding hydrogens is 802 g/mol. The Balaban J connectivity index is -0.000000213. The van der Waals surface area contributed by atoms with Gasteiger partial charge in [-0.05, 0) is 19.3 Å². The molecule has 0 spiro atoms. The van der Waals surface area contributed by atoms with E-state index in [4.69, 9.17) is 0 Å². The second-order valence-electron chi connectivity index (χ2n) is 13.2. The van der Waals surface area contributed by atoms with Gasteiger partial charge in [-0.25, -0.2) is 25.3 Å². The van der Waals surface area contributed by atoms with Gasteiger partial charge in [-0.1, -0.05) is 194 Å². The molecule has 53 heavy (non-hydrogen) atoms. The molecule has 320 valence electrons. The average molecular weight is 878 g/mol. The molecule has 0 amide bonds. The van der Waals surface area contributed by atoms with Crippen molar-refractivity contribution in [2.75, 3.05) is 19.8 Å². The summed E-state index contributed by atoms with van der Waals surface area (Å²) in [5, 5.41) is 0. The van der Waals surface area contributed by atoms with Crippen molar-refractivity contribution in [2.24, 2.45) is 0 Å². The summed E-state index contributed by atoms with van der Waals surface area (Å²) in [5.74, 6) is 0. The molecule has 0 unspecified atom stereocenters. The number of hydrogen-bond donors (Lipinski definition) is 0. The van der Waals surface area contributed by atoms with Crippen LogP contribution in [0, 0.1) is 0 Å². The fraction of sp³-hybridized carbons (Fsp3) is 1.00. The smallest absolute Gasteiger partial charge is 0.726 e. The van der Waals surface area contributed by atoms with Crippen molar-refractivity contribution in [3.8, 4) is 0 Å². The molecule has 0 rings (SSSR count). The molecule has 0 bridgehead atoms. The Morgan fingerprint density at radius 2 is 0.434 bits per heavy atom. The second-order valence-corrected chi connectivity index (χ2v) is 16.4. The molecule has 0 radical (unpaired) electrons. The first-order valence-electron chi connectivity index (χ1n) is 20.0. The minimum absolute atomic E-state index is 0. The van der Waals surface area contributed by atoms with Crippen LogP contribution in [0.2, 0.25) is 0 Å². The zero-order valence-electron chi connectivity index (χ0n) is 33.8. The SMILES string of the molecule is CCCCCCCCCCCCOS(=O)(=O)[O-].CCCCCCCCCCCCOS(=O)(=O)[O-].CCCCCCCCCCCCOS(=O)(=O)[O-].[Na+].[Ni+2]. The molecule has 0 saturated carbocycles. The third kappa shape index (κ3) is 74.6. The first kappa shape index (κ1) is 63.3. The Morgan fingerprint density at radius 1 is 0.302 bits per heavy atom. The van der Waals surface area contributed by atoms with E-state index in [2.05, 4.69) is 33.3 Å². The summed E-state index contributed by atoms with van der Waals surface area (Å²) >= 11 is 0. The summed E-state index contributed by atoms with van der Waals surface area (Å²) in [6.45, 7) is 6.73. The maximum atomic E-state index is 10.1. The van der Waals surface area contributed by atoms with Crippen molar-refractivity contribution in [2.45, 2.75) is 213 Å². The molecule has 0 heterocycles. The Kier molecular flexibility index (Phi) is 56.7. The van der Waals surface area contributed by atoms with Crippen molar-refractivity contribution >= 4 is 31.2 Å². The summed E-state index contributed by atoms with van der Waals surface area (Å²) < 4.78 is 103. The van der Waals surface area contributed by atoms with Gasteiger partial charge in [0.15, 0.2) is 0 Å². The molecule has 0 atom stereocenters. The van der Waals surface area contributed by atoms with E-state index in [1.807, 2.05) is 0 Å². The number of unbranched alkanes of at least 4 members (excludes halogenated alkanes) is 27. The summed E-state index contributed by atoms with van der Waals surface area (Å²) in [6, 6.07) is 0. The molecule has 0 fully saturated rings. The van der Waals surface area contributed by atoms with Crippen molar-refractivity contribution in [1.29, 1.82) is 0 Å². The van der Waals surface area contributed by atoms with Crippen molar-refractivity contribution in [3.63, 3.8) is 0 Å². The van der Waals surface area contributed by atoms with Gasteiger partial charge < -0.3 is 13.7 Å². The molecule has 0 aromatic heterocycles. The van der Waals surface area contributed by atoms with Crippen LogP contribution < -0.4 is 29.6 Å². The van der Waals surface area contributed by atoms with Gasteiger partial charge in [0.05, 0.1) is 19.8 Å². The first-order valence-corrected chi connectivity index (χ1v) is 24.0. The summed E-state index contributed by atoms with van der Waals surface area (Å²) in [6.07, 6.45) is 35.1. The molecule has 0 aliphatic heterocycles. The van der Waals surface area contributed by atoms with Gasteiger partial charge in [-0.3, -0.25) is 12.5 Å². The van der Waals surface area contributed by atoms with E-state index in [0.717, 1.165) is 38.5 Å². The van der Waals surface area contributed by atoms with E-state index in [0.29, 0.717) is 19.3 Å². The average Bonchev–Trinajstić information content (AvgIpc) is 3.04. The van der Waals surface area contributed by atoms with Crippen LogP contribution in [0.3, 0.4) is 0 Å². The molecule has 0 aromatic carbocycles. The Labute approximate surface area is 359 Å². The third-order valence-corrected chi connectivity index (χ3v) is 9.54. The Morgan fingerprint density at radius 3 is 0.566 bits per heavy atom. The van der Waals surface area contributed by atoms with E-state index >= 15 is 0 Å². The van der Waals surface area contributed by atoms with Crippen LogP contribution in [0.4, 0.5) is 0 Å². The number of hydrogen-bond acceptors (Lipinski definition) is 12. The number of rotatable bonds is 36. The van der Waals surface area contributed by atoms with Gasteiger partial charge in [0, 0.05) is 0 Å². The van der Waals surface area contributed by atoms with Crippen molar-refractivity contribution < 1.29 is 97.5 Å². The topological polar surface area (TPSA) is 199 Å². The second kappa shape index (κ2) is 47.5. The minimum atomic E-state index is -4.48. The Hall–Kier alpha value is 1.10. The minimum Gasteiger partial charge on any atom is -0.726 e. The fourth-order valence-corrected chi connectivity index (χ4v) is 6.22. The van der Waals surface area contributed by atoms with Crippen LogP contribution in [0.1, 0.15) is 213 Å². The predicted octanol–water partition coefficient (Wildman–Crippen LogP) is 7.15. The standard InChI is InChI=1S/3C12H26O4S.Na.Ni/c3*1-2-3-4-5-6-7-8-9-10-11-12-16-17(13,14)15;;/h3*2-12H2,1H3,(H,13,14,15);;/q;;;+1;+2/p-3.